The van der Waals surface area contributed by atoms with E-state index in [1.807, 2.05) is 6.08 Å². The first-order valence-corrected chi connectivity index (χ1v) is 4.71. The van der Waals surface area contributed by atoms with E-state index >= 15 is 0 Å². The van der Waals surface area contributed by atoms with Gasteiger partial charge in [0.15, 0.2) is 0 Å². The van der Waals surface area contributed by atoms with Crippen LogP contribution in [0.3, 0.4) is 0 Å². The van der Waals surface area contributed by atoms with Gasteiger partial charge in [0, 0.05) is 12.6 Å². The summed E-state index contributed by atoms with van der Waals surface area (Å²) in [5, 5.41) is 8.91. The Morgan fingerprint density at radius 3 is 2.58 bits per heavy atom. The van der Waals surface area contributed by atoms with E-state index < -0.39 is 0 Å². The van der Waals surface area contributed by atoms with Crippen LogP contribution in [0.15, 0.2) is 12.7 Å². The molecule has 0 amide bonds. The third-order valence-corrected chi connectivity index (χ3v) is 2.25. The maximum Gasteiger partial charge on any atom is 0.0459 e. The normalized spacial score (nSPS) is 15.6. The van der Waals surface area contributed by atoms with Crippen LogP contribution in [0.1, 0.15) is 32.6 Å². The van der Waals surface area contributed by atoms with Crippen molar-refractivity contribution in [1.82, 2.24) is 0 Å². The summed E-state index contributed by atoms with van der Waals surface area (Å²) < 4.78 is 0. The summed E-state index contributed by atoms with van der Waals surface area (Å²) >= 11 is 0. The van der Waals surface area contributed by atoms with Crippen LogP contribution < -0.4 is 5.73 Å². The molecule has 0 rings (SSSR count). The second-order valence-electron chi connectivity index (χ2n) is 3.32. The molecule has 12 heavy (non-hydrogen) atoms. The minimum absolute atomic E-state index is 0.225. The van der Waals surface area contributed by atoms with E-state index in [-0.39, 0.29) is 12.6 Å². The molecule has 72 valence electrons. The molecule has 0 aromatic rings. The van der Waals surface area contributed by atoms with Gasteiger partial charge in [-0.1, -0.05) is 19.4 Å². The Bertz CT molecular complexity index is 110. The summed E-state index contributed by atoms with van der Waals surface area (Å²) in [6.07, 6.45) is 5.79. The second kappa shape index (κ2) is 7.32. The van der Waals surface area contributed by atoms with Crippen molar-refractivity contribution in [2.45, 2.75) is 38.6 Å². The SMILES string of the molecule is C=CCC(N)CC[C@@H](CC)CO. The molecule has 0 bridgehead atoms. The quantitative estimate of drug-likeness (QED) is 0.573. The van der Waals surface area contributed by atoms with E-state index in [2.05, 4.69) is 13.5 Å². The number of hydrogen-bond acceptors (Lipinski definition) is 2. The van der Waals surface area contributed by atoms with Gasteiger partial charge in [-0.3, -0.25) is 0 Å². The number of aliphatic hydroxyl groups excluding tert-OH is 1. The molecule has 0 saturated heterocycles. The van der Waals surface area contributed by atoms with E-state index in [0.717, 1.165) is 25.7 Å². The first-order valence-electron chi connectivity index (χ1n) is 4.71. The first-order chi connectivity index (χ1) is 5.74. The highest BCUT2D eigenvalue weighted by molar-refractivity contribution is 4.75. The van der Waals surface area contributed by atoms with E-state index in [9.17, 15) is 0 Å². The smallest absolute Gasteiger partial charge is 0.0459 e. The lowest BCUT2D eigenvalue weighted by Crippen LogP contribution is -2.20. The molecule has 0 saturated carbocycles. The molecule has 3 N–H and O–H groups in total. The Labute approximate surface area is 75.5 Å². The lowest BCUT2D eigenvalue weighted by molar-refractivity contribution is 0.210. The highest BCUT2D eigenvalue weighted by Gasteiger charge is 2.07. The monoisotopic (exact) mass is 171 g/mol. The van der Waals surface area contributed by atoms with Crippen LogP contribution in [0.4, 0.5) is 0 Å². The molecule has 2 nitrogen and oxygen atoms in total. The van der Waals surface area contributed by atoms with Crippen LogP contribution in [-0.4, -0.2) is 17.8 Å². The van der Waals surface area contributed by atoms with E-state index in [0.29, 0.717) is 5.92 Å². The molecule has 0 aliphatic rings. The van der Waals surface area contributed by atoms with Gasteiger partial charge in [-0.15, -0.1) is 6.58 Å². The predicted molar refractivity (Wildman–Crippen MR) is 52.9 cm³/mol. The minimum atomic E-state index is 0.225. The molecule has 2 heteroatoms. The maximum atomic E-state index is 8.91. The molecule has 0 aromatic heterocycles. The second-order valence-corrected chi connectivity index (χ2v) is 3.32. The molecule has 0 aliphatic carbocycles. The number of aliphatic hydroxyl groups is 1. The van der Waals surface area contributed by atoms with Crippen molar-refractivity contribution in [1.29, 1.82) is 0 Å². The van der Waals surface area contributed by atoms with Crippen molar-refractivity contribution >= 4 is 0 Å². The number of rotatable bonds is 7. The summed E-state index contributed by atoms with van der Waals surface area (Å²) in [7, 11) is 0. The van der Waals surface area contributed by atoms with Crippen LogP contribution in [0, 0.1) is 5.92 Å². The topological polar surface area (TPSA) is 46.2 Å². The number of hydrogen-bond donors (Lipinski definition) is 2. The Hall–Kier alpha value is -0.340. The van der Waals surface area contributed by atoms with Crippen molar-refractivity contribution in [3.63, 3.8) is 0 Å². The van der Waals surface area contributed by atoms with Crippen LogP contribution in [0.5, 0.6) is 0 Å². The summed E-state index contributed by atoms with van der Waals surface area (Å²) in [5.74, 6) is 0.431. The molecule has 0 heterocycles. The highest BCUT2D eigenvalue weighted by Crippen LogP contribution is 2.12. The molecule has 2 atom stereocenters. The van der Waals surface area contributed by atoms with Crippen LogP contribution >= 0.6 is 0 Å². The third kappa shape index (κ3) is 5.33. The summed E-state index contributed by atoms with van der Waals surface area (Å²) in [4.78, 5) is 0. The average molecular weight is 171 g/mol. The van der Waals surface area contributed by atoms with Gasteiger partial charge in [0.2, 0.25) is 0 Å². The van der Waals surface area contributed by atoms with Crippen molar-refractivity contribution in [3.8, 4) is 0 Å². The molecular weight excluding hydrogens is 150 g/mol. The van der Waals surface area contributed by atoms with Gasteiger partial charge in [-0.2, -0.15) is 0 Å². The highest BCUT2D eigenvalue weighted by atomic mass is 16.3. The Balaban J connectivity index is 3.43. The van der Waals surface area contributed by atoms with Gasteiger partial charge in [0.05, 0.1) is 0 Å². The Morgan fingerprint density at radius 1 is 1.50 bits per heavy atom. The fraction of sp³-hybridized carbons (Fsp3) is 0.800. The average Bonchev–Trinajstić information content (AvgIpc) is 2.07. The lowest BCUT2D eigenvalue weighted by Gasteiger charge is -2.14. The summed E-state index contributed by atoms with van der Waals surface area (Å²) in [6.45, 7) is 6.02. The van der Waals surface area contributed by atoms with Gasteiger partial charge in [0.1, 0.15) is 0 Å². The predicted octanol–water partition coefficient (Wildman–Crippen LogP) is 1.69. The third-order valence-electron chi connectivity index (χ3n) is 2.25. The Morgan fingerprint density at radius 2 is 2.17 bits per heavy atom. The van der Waals surface area contributed by atoms with Crippen molar-refractivity contribution < 1.29 is 5.11 Å². The molecule has 0 aromatic carbocycles. The van der Waals surface area contributed by atoms with Crippen LogP contribution in [0.25, 0.3) is 0 Å². The van der Waals surface area contributed by atoms with E-state index in [1.54, 1.807) is 0 Å². The van der Waals surface area contributed by atoms with Gasteiger partial charge < -0.3 is 10.8 Å². The van der Waals surface area contributed by atoms with Crippen molar-refractivity contribution in [3.05, 3.63) is 12.7 Å². The Kier molecular flexibility index (Phi) is 7.11. The minimum Gasteiger partial charge on any atom is -0.396 e. The summed E-state index contributed by atoms with van der Waals surface area (Å²) in [5.41, 5.74) is 5.79. The zero-order chi connectivity index (χ0) is 9.40. The first kappa shape index (κ1) is 11.7. The fourth-order valence-corrected chi connectivity index (χ4v) is 1.21. The maximum absolute atomic E-state index is 8.91. The van der Waals surface area contributed by atoms with E-state index in [4.69, 9.17) is 10.8 Å². The fourth-order valence-electron chi connectivity index (χ4n) is 1.21. The lowest BCUT2D eigenvalue weighted by atomic mass is 9.97. The zero-order valence-electron chi connectivity index (χ0n) is 8.00. The largest absolute Gasteiger partial charge is 0.396 e. The van der Waals surface area contributed by atoms with Gasteiger partial charge in [0.25, 0.3) is 0 Å². The molecule has 0 radical (unpaired) electrons. The zero-order valence-corrected chi connectivity index (χ0v) is 8.00. The molecule has 0 aliphatic heterocycles. The molecular formula is C10H21NO. The van der Waals surface area contributed by atoms with Crippen LogP contribution in [0.2, 0.25) is 0 Å². The summed E-state index contributed by atoms with van der Waals surface area (Å²) in [6, 6.07) is 0.225. The molecule has 1 unspecified atom stereocenters. The van der Waals surface area contributed by atoms with Crippen molar-refractivity contribution in [2.24, 2.45) is 11.7 Å². The molecule has 0 fully saturated rings. The van der Waals surface area contributed by atoms with Gasteiger partial charge in [-0.25, -0.2) is 0 Å². The number of nitrogens with two attached hydrogens (primary N) is 1. The standard InChI is InChI=1S/C10H21NO/c1-3-5-10(11)7-6-9(4-2)8-12/h3,9-10,12H,1,4-8,11H2,2H3/t9-,10?/m1/s1. The van der Waals surface area contributed by atoms with Gasteiger partial charge in [-0.05, 0) is 25.2 Å². The molecule has 0 spiro atoms. The van der Waals surface area contributed by atoms with Crippen LogP contribution in [-0.2, 0) is 0 Å². The van der Waals surface area contributed by atoms with Crippen molar-refractivity contribution in [2.75, 3.05) is 6.61 Å². The van der Waals surface area contributed by atoms with Gasteiger partial charge >= 0.3 is 0 Å². The van der Waals surface area contributed by atoms with E-state index in [1.165, 1.54) is 0 Å².